The van der Waals surface area contributed by atoms with Gasteiger partial charge in [0, 0.05) is 37.1 Å². The topological polar surface area (TPSA) is 90.8 Å². The summed E-state index contributed by atoms with van der Waals surface area (Å²) in [7, 11) is -3.83. The van der Waals surface area contributed by atoms with Gasteiger partial charge >= 0.3 is 0 Å². The SMILES string of the molecule is Cc1ccc(-c2nc(C(=O)N3CCN(S(=O)(=O)c4cc(C)ccc4O)CC3)cs2)cc1. The van der Waals surface area contributed by atoms with Gasteiger partial charge in [-0.2, -0.15) is 4.31 Å². The van der Waals surface area contributed by atoms with E-state index in [0.29, 0.717) is 5.69 Å². The molecule has 1 fully saturated rings. The summed E-state index contributed by atoms with van der Waals surface area (Å²) in [6.45, 7) is 4.64. The Morgan fingerprint density at radius 2 is 1.65 bits per heavy atom. The molecule has 1 N–H and O–H groups in total. The van der Waals surface area contributed by atoms with Crippen molar-refractivity contribution in [1.29, 1.82) is 0 Å². The van der Waals surface area contributed by atoms with Crippen LogP contribution in [-0.4, -0.2) is 59.8 Å². The average molecular weight is 458 g/mol. The highest BCUT2D eigenvalue weighted by atomic mass is 32.2. The van der Waals surface area contributed by atoms with Crippen molar-refractivity contribution in [3.8, 4) is 16.3 Å². The first-order chi connectivity index (χ1) is 14.8. The molecule has 1 amide bonds. The number of nitrogens with zero attached hydrogens (tertiary/aromatic N) is 3. The Labute approximate surface area is 185 Å². The van der Waals surface area contributed by atoms with Crippen molar-refractivity contribution in [3.05, 3.63) is 64.7 Å². The number of hydrogen-bond acceptors (Lipinski definition) is 6. The molecule has 31 heavy (non-hydrogen) atoms. The minimum Gasteiger partial charge on any atom is -0.507 e. The predicted octanol–water partition coefficient (Wildman–Crippen LogP) is 3.28. The smallest absolute Gasteiger partial charge is 0.273 e. The quantitative estimate of drug-likeness (QED) is 0.649. The summed E-state index contributed by atoms with van der Waals surface area (Å²) in [6.07, 6.45) is 0. The number of aromatic nitrogens is 1. The molecule has 1 aromatic heterocycles. The molecule has 0 radical (unpaired) electrons. The van der Waals surface area contributed by atoms with Crippen molar-refractivity contribution in [2.45, 2.75) is 18.7 Å². The number of piperazine rings is 1. The highest BCUT2D eigenvalue weighted by Gasteiger charge is 2.32. The molecule has 0 saturated carbocycles. The molecule has 4 rings (SSSR count). The third-order valence-corrected chi connectivity index (χ3v) is 8.10. The molecular weight excluding hydrogens is 434 g/mol. The number of thiazole rings is 1. The van der Waals surface area contributed by atoms with Crippen LogP contribution in [0.1, 0.15) is 21.6 Å². The van der Waals surface area contributed by atoms with Crippen LogP contribution in [0.25, 0.3) is 10.6 Å². The van der Waals surface area contributed by atoms with Crippen LogP contribution in [0.3, 0.4) is 0 Å². The molecule has 0 unspecified atom stereocenters. The Balaban J connectivity index is 1.45. The minimum absolute atomic E-state index is 0.102. The zero-order valence-electron chi connectivity index (χ0n) is 17.3. The summed E-state index contributed by atoms with van der Waals surface area (Å²) in [6, 6.07) is 12.5. The molecule has 9 heteroatoms. The minimum atomic E-state index is -3.83. The second-order valence-corrected chi connectivity index (χ2v) is 10.3. The van der Waals surface area contributed by atoms with Gasteiger partial charge in [0.15, 0.2) is 0 Å². The second-order valence-electron chi connectivity index (χ2n) is 7.57. The molecule has 0 spiro atoms. The Bertz CT molecular complexity index is 1210. The second kappa shape index (κ2) is 8.41. The van der Waals surface area contributed by atoms with Gasteiger partial charge in [-0.3, -0.25) is 4.79 Å². The highest BCUT2D eigenvalue weighted by Crippen LogP contribution is 2.28. The van der Waals surface area contributed by atoms with E-state index in [9.17, 15) is 18.3 Å². The number of hydrogen-bond donors (Lipinski definition) is 1. The zero-order valence-corrected chi connectivity index (χ0v) is 18.9. The van der Waals surface area contributed by atoms with Crippen molar-refractivity contribution in [3.63, 3.8) is 0 Å². The maximum Gasteiger partial charge on any atom is 0.273 e. The van der Waals surface area contributed by atoms with Crippen molar-refractivity contribution in [1.82, 2.24) is 14.2 Å². The van der Waals surface area contributed by atoms with Crippen molar-refractivity contribution in [2.24, 2.45) is 0 Å². The lowest BCUT2D eigenvalue weighted by molar-refractivity contribution is 0.0692. The summed E-state index contributed by atoms with van der Waals surface area (Å²) < 4.78 is 27.2. The van der Waals surface area contributed by atoms with Crippen LogP contribution in [0.4, 0.5) is 0 Å². The molecule has 162 valence electrons. The van der Waals surface area contributed by atoms with E-state index in [1.165, 1.54) is 27.8 Å². The van der Waals surface area contributed by atoms with E-state index in [1.807, 2.05) is 31.2 Å². The summed E-state index contributed by atoms with van der Waals surface area (Å²) >= 11 is 1.41. The van der Waals surface area contributed by atoms with Gasteiger partial charge < -0.3 is 10.0 Å². The van der Waals surface area contributed by atoms with E-state index >= 15 is 0 Å². The number of benzene rings is 2. The summed E-state index contributed by atoms with van der Waals surface area (Å²) in [5.74, 6) is -0.472. The molecule has 0 aliphatic carbocycles. The van der Waals surface area contributed by atoms with Crippen LogP contribution in [0, 0.1) is 13.8 Å². The number of carbonyl (C=O) groups excluding carboxylic acids is 1. The highest BCUT2D eigenvalue weighted by molar-refractivity contribution is 7.89. The first-order valence-corrected chi connectivity index (χ1v) is 12.2. The van der Waals surface area contributed by atoms with Crippen LogP contribution in [0.15, 0.2) is 52.7 Å². The van der Waals surface area contributed by atoms with Crippen LogP contribution < -0.4 is 0 Å². The van der Waals surface area contributed by atoms with E-state index in [1.54, 1.807) is 23.3 Å². The maximum atomic E-state index is 12.9. The molecule has 2 heterocycles. The van der Waals surface area contributed by atoms with Crippen molar-refractivity contribution < 1.29 is 18.3 Å². The number of rotatable bonds is 4. The molecular formula is C22H23N3O4S2. The largest absolute Gasteiger partial charge is 0.507 e. The van der Waals surface area contributed by atoms with E-state index < -0.39 is 10.0 Å². The van der Waals surface area contributed by atoms with E-state index in [0.717, 1.165) is 21.7 Å². The molecule has 1 aliphatic rings. The van der Waals surface area contributed by atoms with Crippen LogP contribution in [-0.2, 0) is 10.0 Å². The number of amides is 1. The first-order valence-electron chi connectivity index (χ1n) is 9.87. The maximum absolute atomic E-state index is 12.9. The van der Waals surface area contributed by atoms with Gasteiger partial charge in [-0.1, -0.05) is 35.9 Å². The lowest BCUT2D eigenvalue weighted by atomic mass is 10.2. The molecule has 0 bridgehead atoms. The fourth-order valence-corrected chi connectivity index (χ4v) is 5.85. The number of phenols is 1. The fraction of sp³-hybridized carbons (Fsp3) is 0.273. The summed E-state index contributed by atoms with van der Waals surface area (Å²) in [5.41, 5.74) is 3.23. The van der Waals surface area contributed by atoms with Gasteiger partial charge in [0.25, 0.3) is 5.91 Å². The van der Waals surface area contributed by atoms with Gasteiger partial charge in [0.2, 0.25) is 10.0 Å². The molecule has 0 atom stereocenters. The van der Waals surface area contributed by atoms with Crippen LogP contribution in [0.5, 0.6) is 5.75 Å². The standard InChI is InChI=1S/C22H23N3O4S2/c1-15-3-6-17(7-4-15)21-23-18(14-30-21)22(27)24-9-11-25(12-10-24)31(28,29)20-13-16(2)5-8-19(20)26/h3-8,13-14,26H,9-12H2,1-2H3. The van der Waals surface area contributed by atoms with Gasteiger partial charge in [-0.15, -0.1) is 11.3 Å². The number of aromatic hydroxyl groups is 1. The van der Waals surface area contributed by atoms with Gasteiger partial charge in [0.05, 0.1) is 0 Å². The lowest BCUT2D eigenvalue weighted by Crippen LogP contribution is -2.50. The molecule has 2 aromatic carbocycles. The molecule has 1 saturated heterocycles. The van der Waals surface area contributed by atoms with Crippen LogP contribution in [0.2, 0.25) is 0 Å². The Morgan fingerprint density at radius 1 is 1.00 bits per heavy atom. The van der Waals surface area contributed by atoms with E-state index in [4.69, 9.17) is 0 Å². The predicted molar refractivity (Wildman–Crippen MR) is 120 cm³/mol. The number of carbonyl (C=O) groups is 1. The van der Waals surface area contributed by atoms with Crippen molar-refractivity contribution >= 4 is 27.3 Å². The van der Waals surface area contributed by atoms with Crippen LogP contribution >= 0.6 is 11.3 Å². The summed E-state index contributed by atoms with van der Waals surface area (Å²) in [4.78, 5) is 18.9. The lowest BCUT2D eigenvalue weighted by Gasteiger charge is -2.33. The number of sulfonamides is 1. The Kier molecular flexibility index (Phi) is 5.83. The summed E-state index contributed by atoms with van der Waals surface area (Å²) in [5, 5.41) is 12.5. The van der Waals surface area contributed by atoms with Gasteiger partial charge in [0.1, 0.15) is 21.3 Å². The van der Waals surface area contributed by atoms with Gasteiger partial charge in [-0.05, 0) is 31.5 Å². The first kappa shape index (κ1) is 21.5. The van der Waals surface area contributed by atoms with E-state index in [-0.39, 0.29) is 42.7 Å². The average Bonchev–Trinajstić information content (AvgIpc) is 3.25. The van der Waals surface area contributed by atoms with E-state index in [2.05, 4.69) is 4.98 Å². The monoisotopic (exact) mass is 457 g/mol. The Morgan fingerprint density at radius 3 is 2.32 bits per heavy atom. The Hall–Kier alpha value is -2.75. The third kappa shape index (κ3) is 4.34. The molecule has 7 nitrogen and oxygen atoms in total. The normalized spacial score (nSPS) is 15.2. The van der Waals surface area contributed by atoms with Crippen molar-refractivity contribution in [2.75, 3.05) is 26.2 Å². The zero-order chi connectivity index (χ0) is 22.2. The number of aryl methyl sites for hydroxylation is 2. The van der Waals surface area contributed by atoms with Gasteiger partial charge in [-0.25, -0.2) is 13.4 Å². The third-order valence-electron chi connectivity index (χ3n) is 5.28. The fourth-order valence-electron chi connectivity index (χ4n) is 3.46. The number of phenolic OH excluding ortho intramolecular Hbond substituents is 1. The molecule has 3 aromatic rings. The molecule has 1 aliphatic heterocycles.